The van der Waals surface area contributed by atoms with Crippen molar-refractivity contribution in [2.75, 3.05) is 26.3 Å². The molecule has 0 saturated carbocycles. The Hall–Kier alpha value is -3.52. The van der Waals surface area contributed by atoms with Crippen molar-refractivity contribution in [3.8, 4) is 5.69 Å². The topological polar surface area (TPSA) is 64.8 Å². The molecule has 7 nitrogen and oxygen atoms in total. The number of aliphatic imine (C=N–C) groups is 1. The molecule has 0 N–H and O–H groups in total. The number of ether oxygens (including phenoxy) is 2. The van der Waals surface area contributed by atoms with Crippen molar-refractivity contribution in [1.29, 1.82) is 0 Å². The predicted molar refractivity (Wildman–Crippen MR) is 129 cm³/mol. The summed E-state index contributed by atoms with van der Waals surface area (Å²) < 4.78 is 27.7. The molecule has 8 heteroatoms. The molecule has 3 aromatic rings. The molecule has 178 valence electrons. The first-order valence-corrected chi connectivity index (χ1v) is 12.2. The van der Waals surface area contributed by atoms with Gasteiger partial charge in [0.2, 0.25) is 0 Å². The second-order valence-electron chi connectivity index (χ2n) is 9.84. The summed E-state index contributed by atoms with van der Waals surface area (Å²) in [5.74, 6) is 2.23. The van der Waals surface area contributed by atoms with Gasteiger partial charge in [-0.1, -0.05) is 18.2 Å². The smallest absolute Gasteiger partial charge is 0.173 e. The maximum absolute atomic E-state index is 13.6. The molecule has 4 heterocycles. The molecule has 0 radical (unpaired) electrons. The number of aromatic nitrogens is 3. The molecule has 4 aliphatic rings. The first-order valence-electron chi connectivity index (χ1n) is 12.2. The number of nitrogens with zero attached hydrogens (tertiary/aromatic N) is 5. The van der Waals surface area contributed by atoms with E-state index < -0.39 is 0 Å². The fourth-order valence-electron chi connectivity index (χ4n) is 5.62. The average molecular weight is 472 g/mol. The lowest BCUT2D eigenvalue weighted by Gasteiger charge is -2.52. The molecule has 1 unspecified atom stereocenters. The summed E-state index contributed by atoms with van der Waals surface area (Å²) in [6, 6.07) is 11.2. The molecule has 2 aromatic carbocycles. The van der Waals surface area contributed by atoms with Gasteiger partial charge in [0, 0.05) is 6.54 Å². The van der Waals surface area contributed by atoms with Crippen molar-refractivity contribution in [2.24, 2.45) is 4.99 Å². The van der Waals surface area contributed by atoms with Crippen LogP contribution in [0.25, 0.3) is 11.8 Å². The minimum Gasteiger partial charge on any atom is -0.477 e. The van der Waals surface area contributed by atoms with Crippen molar-refractivity contribution in [1.82, 2.24) is 19.7 Å². The van der Waals surface area contributed by atoms with E-state index in [0.717, 1.165) is 53.5 Å². The number of rotatable bonds is 3. The van der Waals surface area contributed by atoms with Gasteiger partial charge < -0.3 is 14.4 Å². The summed E-state index contributed by atoms with van der Waals surface area (Å²) in [5, 5.41) is 4.50. The van der Waals surface area contributed by atoms with E-state index >= 15 is 0 Å². The summed E-state index contributed by atoms with van der Waals surface area (Å²) in [5.41, 5.74) is 5.63. The Labute approximate surface area is 202 Å². The Kier molecular flexibility index (Phi) is 4.61. The Bertz CT molecular complexity index is 1370. The van der Waals surface area contributed by atoms with Crippen LogP contribution in [0.2, 0.25) is 0 Å². The van der Waals surface area contributed by atoms with E-state index in [9.17, 15) is 4.39 Å². The van der Waals surface area contributed by atoms with Crippen LogP contribution in [-0.4, -0.2) is 57.4 Å². The van der Waals surface area contributed by atoms with Gasteiger partial charge in [-0.15, -0.1) is 0 Å². The maximum atomic E-state index is 13.6. The van der Waals surface area contributed by atoms with Crippen LogP contribution >= 0.6 is 0 Å². The van der Waals surface area contributed by atoms with Gasteiger partial charge in [-0.3, -0.25) is 4.99 Å². The van der Waals surface area contributed by atoms with Crippen LogP contribution in [0.1, 0.15) is 40.5 Å². The van der Waals surface area contributed by atoms with Crippen molar-refractivity contribution in [3.05, 3.63) is 82.4 Å². The number of amidine groups is 1. The molecule has 1 atom stereocenters. The zero-order valence-electron chi connectivity index (χ0n) is 19.6. The SMILES string of the molecule is Cc1ncn(-c2ccc(/C=C3\OC4(COC4)CN4C3=NCCC4c3ccc(F)cc3)c3c2CC3)n1. The number of halogens is 1. The highest BCUT2D eigenvalue weighted by atomic mass is 19.1. The molecule has 1 spiro atoms. The standard InChI is InChI=1S/C27H26FN5O2/c1-17-30-16-33(31-17)24-9-4-19(21-7-8-22(21)24)12-25-26-29-11-10-23(18-2-5-20(28)6-3-18)32(26)13-27(35-25)14-34-15-27/h2-6,9,12,16,23H,7-8,10-11,13-15H2,1H3/b25-12-. The van der Waals surface area contributed by atoms with Crippen molar-refractivity contribution >= 4 is 11.9 Å². The van der Waals surface area contributed by atoms with Gasteiger partial charge in [0.15, 0.2) is 17.2 Å². The molecule has 0 bridgehead atoms. The number of fused-ring (bicyclic) bond motifs is 2. The molecule has 1 aromatic heterocycles. The molecular weight excluding hydrogens is 445 g/mol. The predicted octanol–water partition coefficient (Wildman–Crippen LogP) is 3.80. The highest BCUT2D eigenvalue weighted by Crippen LogP contribution is 2.41. The third-order valence-electron chi connectivity index (χ3n) is 7.51. The third kappa shape index (κ3) is 3.38. The summed E-state index contributed by atoms with van der Waals surface area (Å²) in [6.07, 6.45) is 6.86. The normalized spacial score (nSPS) is 23.1. The maximum Gasteiger partial charge on any atom is 0.173 e. The third-order valence-corrected chi connectivity index (χ3v) is 7.51. The fraction of sp³-hybridized carbons (Fsp3) is 0.370. The van der Waals surface area contributed by atoms with Crippen molar-refractivity contribution in [2.45, 2.75) is 37.8 Å². The zero-order valence-corrected chi connectivity index (χ0v) is 19.6. The number of morpholine rings is 1. The van der Waals surface area contributed by atoms with Gasteiger partial charge in [0.05, 0.1) is 31.5 Å². The van der Waals surface area contributed by atoms with Crippen LogP contribution in [0, 0.1) is 12.7 Å². The van der Waals surface area contributed by atoms with Gasteiger partial charge in [-0.05, 0) is 72.7 Å². The monoisotopic (exact) mass is 471 g/mol. The number of aryl methyl sites for hydroxylation is 1. The van der Waals surface area contributed by atoms with Crippen molar-refractivity contribution < 1.29 is 13.9 Å². The highest BCUT2D eigenvalue weighted by Gasteiger charge is 2.50. The van der Waals surface area contributed by atoms with E-state index in [1.807, 2.05) is 23.7 Å². The Morgan fingerprint density at radius 1 is 1.09 bits per heavy atom. The van der Waals surface area contributed by atoms with Gasteiger partial charge in [0.1, 0.15) is 18.0 Å². The molecule has 3 aliphatic heterocycles. The first kappa shape index (κ1) is 20.8. The Balaban J connectivity index is 1.27. The Morgan fingerprint density at radius 3 is 2.60 bits per heavy atom. The van der Waals surface area contributed by atoms with Crippen LogP contribution in [-0.2, 0) is 22.3 Å². The molecule has 1 aliphatic carbocycles. The van der Waals surface area contributed by atoms with E-state index in [1.54, 1.807) is 6.33 Å². The number of benzene rings is 2. The fourth-order valence-corrected chi connectivity index (χ4v) is 5.62. The molecule has 2 saturated heterocycles. The quantitative estimate of drug-likeness (QED) is 0.582. The van der Waals surface area contributed by atoms with Gasteiger partial charge in [-0.25, -0.2) is 14.1 Å². The molecule has 35 heavy (non-hydrogen) atoms. The largest absolute Gasteiger partial charge is 0.477 e. The number of hydrogen-bond donors (Lipinski definition) is 0. The Morgan fingerprint density at radius 2 is 1.91 bits per heavy atom. The lowest BCUT2D eigenvalue weighted by atomic mass is 9.83. The summed E-state index contributed by atoms with van der Waals surface area (Å²) in [6.45, 7) is 4.45. The van der Waals surface area contributed by atoms with Gasteiger partial charge >= 0.3 is 0 Å². The second kappa shape index (κ2) is 7.75. The molecular formula is C27H26FN5O2. The average Bonchev–Trinajstić information content (AvgIpc) is 3.25. The minimum atomic E-state index is -0.369. The first-order chi connectivity index (χ1) is 17.1. The van der Waals surface area contributed by atoms with E-state index in [-0.39, 0.29) is 17.5 Å². The second-order valence-corrected chi connectivity index (χ2v) is 9.84. The van der Waals surface area contributed by atoms with E-state index in [2.05, 4.69) is 33.2 Å². The van der Waals surface area contributed by atoms with Crippen LogP contribution in [0.4, 0.5) is 4.39 Å². The highest BCUT2D eigenvalue weighted by molar-refractivity contribution is 6.02. The lowest BCUT2D eigenvalue weighted by Crippen LogP contribution is -2.64. The molecule has 7 rings (SSSR count). The molecule has 2 fully saturated rings. The van der Waals surface area contributed by atoms with Crippen LogP contribution in [0.3, 0.4) is 0 Å². The van der Waals surface area contributed by atoms with Gasteiger partial charge in [-0.2, -0.15) is 5.10 Å². The summed E-state index contributed by atoms with van der Waals surface area (Å²) in [7, 11) is 0. The zero-order chi connectivity index (χ0) is 23.6. The van der Waals surface area contributed by atoms with E-state index in [4.69, 9.17) is 14.5 Å². The van der Waals surface area contributed by atoms with Crippen LogP contribution in [0.5, 0.6) is 0 Å². The summed E-state index contributed by atoms with van der Waals surface area (Å²) in [4.78, 5) is 11.5. The van der Waals surface area contributed by atoms with Crippen LogP contribution in [0.15, 0.2) is 53.5 Å². The van der Waals surface area contributed by atoms with E-state index in [1.165, 1.54) is 23.3 Å². The van der Waals surface area contributed by atoms with Crippen LogP contribution < -0.4 is 0 Å². The number of hydrogen-bond acceptors (Lipinski definition) is 6. The summed E-state index contributed by atoms with van der Waals surface area (Å²) >= 11 is 0. The van der Waals surface area contributed by atoms with Gasteiger partial charge in [0.25, 0.3) is 0 Å². The van der Waals surface area contributed by atoms with E-state index in [0.29, 0.717) is 26.3 Å². The lowest BCUT2D eigenvalue weighted by molar-refractivity contribution is -0.201. The van der Waals surface area contributed by atoms with Crippen molar-refractivity contribution in [3.63, 3.8) is 0 Å². The minimum absolute atomic E-state index is 0.133. The molecule has 0 amide bonds.